The summed E-state index contributed by atoms with van der Waals surface area (Å²) in [6.45, 7) is 13.7. The summed E-state index contributed by atoms with van der Waals surface area (Å²) >= 11 is 0. The first-order valence-corrected chi connectivity index (χ1v) is 10.1. The maximum absolute atomic E-state index is 12.5. The maximum atomic E-state index is 12.5. The van der Waals surface area contributed by atoms with Crippen LogP contribution in [0.25, 0.3) is 11.0 Å². The number of H-pyrrole nitrogens is 1. The van der Waals surface area contributed by atoms with Crippen molar-refractivity contribution < 1.29 is 4.79 Å². The predicted molar refractivity (Wildman–Crippen MR) is 111 cm³/mol. The number of nitrogens with zero attached hydrogens (tertiary/aromatic N) is 4. The van der Waals surface area contributed by atoms with Gasteiger partial charge >= 0.3 is 0 Å². The van der Waals surface area contributed by atoms with Gasteiger partial charge in [0.1, 0.15) is 5.39 Å². The van der Waals surface area contributed by atoms with Gasteiger partial charge in [0.2, 0.25) is 11.9 Å². The molecule has 1 aliphatic rings. The Morgan fingerprint density at radius 3 is 2.46 bits per heavy atom. The van der Waals surface area contributed by atoms with E-state index in [9.17, 15) is 9.59 Å². The Hall–Kier alpha value is -2.38. The third-order valence-electron chi connectivity index (χ3n) is 5.60. The highest BCUT2D eigenvalue weighted by atomic mass is 16.2. The smallest absolute Gasteiger partial charge is 0.263 e. The van der Waals surface area contributed by atoms with Crippen molar-refractivity contribution in [1.29, 1.82) is 0 Å². The van der Waals surface area contributed by atoms with Crippen molar-refractivity contribution in [1.82, 2.24) is 25.1 Å². The van der Waals surface area contributed by atoms with E-state index in [-0.39, 0.29) is 29.0 Å². The van der Waals surface area contributed by atoms with Gasteiger partial charge in [-0.15, -0.1) is 0 Å². The van der Waals surface area contributed by atoms with E-state index in [0.29, 0.717) is 36.0 Å². The number of hydrogen-bond donors (Lipinski definition) is 2. The van der Waals surface area contributed by atoms with E-state index in [4.69, 9.17) is 4.98 Å². The Balaban J connectivity index is 1.75. The standard InChI is InChI=1S/C20H32N6O2/c1-12(2)13(3)22-17(27)14-7-9-25(10-8-14)19-23-16-15(18(28)24-19)11-21-26(16)20(4,5)6/h11-14H,7-10H2,1-6H3,(H,22,27)(H,23,24,28). The van der Waals surface area contributed by atoms with Gasteiger partial charge < -0.3 is 10.2 Å². The van der Waals surface area contributed by atoms with Crippen LogP contribution < -0.4 is 15.8 Å². The molecule has 1 fully saturated rings. The molecule has 2 aromatic rings. The van der Waals surface area contributed by atoms with Gasteiger partial charge in [-0.1, -0.05) is 13.8 Å². The predicted octanol–water partition coefficient (Wildman–Crippen LogP) is 2.25. The van der Waals surface area contributed by atoms with E-state index >= 15 is 0 Å². The fourth-order valence-electron chi connectivity index (χ4n) is 3.41. The number of amides is 1. The van der Waals surface area contributed by atoms with E-state index in [2.05, 4.69) is 34.1 Å². The van der Waals surface area contributed by atoms with Gasteiger partial charge in [-0.25, -0.2) is 4.68 Å². The van der Waals surface area contributed by atoms with Gasteiger partial charge in [0.15, 0.2) is 5.65 Å². The number of anilines is 1. The van der Waals surface area contributed by atoms with Crippen molar-refractivity contribution in [3.05, 3.63) is 16.6 Å². The molecule has 154 valence electrons. The lowest BCUT2D eigenvalue weighted by molar-refractivity contribution is -0.126. The quantitative estimate of drug-likeness (QED) is 0.837. The van der Waals surface area contributed by atoms with E-state index in [1.807, 2.05) is 27.7 Å². The van der Waals surface area contributed by atoms with Crippen LogP contribution in [0.4, 0.5) is 5.95 Å². The number of aromatic amines is 1. The first-order chi connectivity index (χ1) is 13.1. The first-order valence-electron chi connectivity index (χ1n) is 10.1. The molecule has 2 aromatic heterocycles. The first kappa shape index (κ1) is 20.4. The van der Waals surface area contributed by atoms with Crippen molar-refractivity contribution in [2.75, 3.05) is 18.0 Å². The summed E-state index contributed by atoms with van der Waals surface area (Å²) in [4.78, 5) is 34.6. The second-order valence-electron chi connectivity index (χ2n) is 9.16. The molecule has 1 amide bonds. The maximum Gasteiger partial charge on any atom is 0.263 e. The third-order valence-corrected chi connectivity index (χ3v) is 5.60. The molecule has 1 unspecified atom stereocenters. The van der Waals surface area contributed by atoms with Crippen molar-refractivity contribution >= 4 is 22.9 Å². The highest BCUT2D eigenvalue weighted by Gasteiger charge is 2.28. The molecule has 0 aliphatic carbocycles. The third kappa shape index (κ3) is 4.05. The van der Waals surface area contributed by atoms with Crippen LogP contribution in [0.15, 0.2) is 11.0 Å². The zero-order valence-corrected chi connectivity index (χ0v) is 17.7. The monoisotopic (exact) mass is 388 g/mol. The van der Waals surface area contributed by atoms with E-state index in [1.54, 1.807) is 10.9 Å². The molecule has 0 bridgehead atoms. The van der Waals surface area contributed by atoms with Crippen LogP contribution in [0.1, 0.15) is 54.4 Å². The van der Waals surface area contributed by atoms with Crippen molar-refractivity contribution in [2.24, 2.45) is 11.8 Å². The second-order valence-corrected chi connectivity index (χ2v) is 9.16. The highest BCUT2D eigenvalue weighted by Crippen LogP contribution is 2.23. The number of aromatic nitrogens is 4. The van der Waals surface area contributed by atoms with Gasteiger partial charge in [0.25, 0.3) is 5.56 Å². The van der Waals surface area contributed by atoms with Crippen molar-refractivity contribution in [3.63, 3.8) is 0 Å². The Kier molecular flexibility index (Phi) is 5.50. The number of nitrogens with one attached hydrogen (secondary N) is 2. The van der Waals surface area contributed by atoms with Crippen LogP contribution in [-0.2, 0) is 10.3 Å². The molecule has 0 saturated carbocycles. The normalized spacial score (nSPS) is 17.3. The zero-order chi connectivity index (χ0) is 20.6. The van der Waals surface area contributed by atoms with Crippen LogP contribution >= 0.6 is 0 Å². The minimum absolute atomic E-state index is 0.00741. The van der Waals surface area contributed by atoms with Crippen LogP contribution in [0.2, 0.25) is 0 Å². The molecular weight excluding hydrogens is 356 g/mol. The summed E-state index contributed by atoms with van der Waals surface area (Å²) in [5, 5.41) is 7.96. The summed E-state index contributed by atoms with van der Waals surface area (Å²) in [5.41, 5.74) is 0.149. The minimum Gasteiger partial charge on any atom is -0.353 e. The number of carbonyl (C=O) groups excluding carboxylic acids is 1. The number of fused-ring (bicyclic) bond motifs is 1. The molecule has 1 aliphatic heterocycles. The van der Waals surface area contributed by atoms with Crippen molar-refractivity contribution in [2.45, 2.75) is 66.0 Å². The van der Waals surface area contributed by atoms with E-state index in [1.165, 1.54) is 0 Å². The number of piperidine rings is 1. The lowest BCUT2D eigenvalue weighted by atomic mass is 9.95. The second kappa shape index (κ2) is 7.56. The van der Waals surface area contributed by atoms with E-state index in [0.717, 1.165) is 12.8 Å². The molecule has 0 radical (unpaired) electrons. The Morgan fingerprint density at radius 2 is 1.89 bits per heavy atom. The molecular formula is C20H32N6O2. The molecule has 8 nitrogen and oxygen atoms in total. The number of hydrogen-bond acceptors (Lipinski definition) is 5. The number of carbonyl (C=O) groups is 1. The molecule has 0 spiro atoms. The minimum atomic E-state index is -0.266. The van der Waals surface area contributed by atoms with Crippen LogP contribution in [0, 0.1) is 11.8 Å². The van der Waals surface area contributed by atoms with Gasteiger partial charge in [-0.3, -0.25) is 14.6 Å². The van der Waals surface area contributed by atoms with Gasteiger partial charge in [-0.05, 0) is 46.5 Å². The van der Waals surface area contributed by atoms with Crippen molar-refractivity contribution in [3.8, 4) is 0 Å². The molecule has 0 aromatic carbocycles. The molecule has 1 saturated heterocycles. The van der Waals surface area contributed by atoms with Gasteiger partial charge in [-0.2, -0.15) is 10.1 Å². The highest BCUT2D eigenvalue weighted by molar-refractivity contribution is 5.79. The SMILES string of the molecule is CC(C)C(C)NC(=O)C1CCN(c2nc3c(cnn3C(C)(C)C)c(=O)[nH]2)CC1. The largest absolute Gasteiger partial charge is 0.353 e. The van der Waals surface area contributed by atoms with Gasteiger partial charge in [0.05, 0.1) is 11.7 Å². The zero-order valence-electron chi connectivity index (χ0n) is 17.7. The van der Waals surface area contributed by atoms with Crippen LogP contribution in [0.5, 0.6) is 0 Å². The summed E-state index contributed by atoms with van der Waals surface area (Å²) in [5.74, 6) is 1.10. The summed E-state index contributed by atoms with van der Waals surface area (Å²) in [7, 11) is 0. The lowest BCUT2D eigenvalue weighted by Crippen LogP contribution is -2.45. The molecule has 28 heavy (non-hydrogen) atoms. The average Bonchev–Trinajstić information content (AvgIpc) is 3.06. The van der Waals surface area contributed by atoms with Crippen LogP contribution in [-0.4, -0.2) is 44.8 Å². The van der Waals surface area contributed by atoms with Crippen LogP contribution in [0.3, 0.4) is 0 Å². The molecule has 2 N–H and O–H groups in total. The van der Waals surface area contributed by atoms with Gasteiger partial charge in [0, 0.05) is 25.0 Å². The topological polar surface area (TPSA) is 95.9 Å². The fraction of sp³-hybridized carbons (Fsp3) is 0.700. The lowest BCUT2D eigenvalue weighted by Gasteiger charge is -2.32. The molecule has 1 atom stereocenters. The summed E-state index contributed by atoms with van der Waals surface area (Å²) < 4.78 is 1.79. The molecule has 3 heterocycles. The Bertz CT molecular complexity index is 900. The molecule has 3 rings (SSSR count). The number of rotatable bonds is 4. The van der Waals surface area contributed by atoms with E-state index < -0.39 is 0 Å². The Morgan fingerprint density at radius 1 is 1.25 bits per heavy atom. The average molecular weight is 389 g/mol. The fourth-order valence-corrected chi connectivity index (χ4v) is 3.41. The molecule has 8 heteroatoms. The Labute approximate surface area is 165 Å². The summed E-state index contributed by atoms with van der Waals surface area (Å²) in [6.07, 6.45) is 3.07. The summed E-state index contributed by atoms with van der Waals surface area (Å²) in [6, 6.07) is 0.170.